The minimum atomic E-state index is -0.306. The van der Waals surface area contributed by atoms with E-state index in [0.717, 1.165) is 39.6 Å². The van der Waals surface area contributed by atoms with Crippen molar-refractivity contribution in [1.82, 2.24) is 24.9 Å². The molecule has 0 aliphatic rings. The zero-order valence-corrected chi connectivity index (χ0v) is 20.2. The third kappa shape index (κ3) is 5.39. The molecule has 0 unspecified atom stereocenters. The van der Waals surface area contributed by atoms with Gasteiger partial charge in [-0.15, -0.1) is 6.42 Å². The zero-order valence-electron chi connectivity index (χ0n) is 20.2. The minimum absolute atomic E-state index is 0.306. The van der Waals surface area contributed by atoms with Crippen molar-refractivity contribution < 1.29 is 9.53 Å². The second kappa shape index (κ2) is 10.6. The van der Waals surface area contributed by atoms with Gasteiger partial charge in [-0.25, -0.2) is 14.3 Å². The lowest BCUT2D eigenvalue weighted by molar-refractivity contribution is 0.252. The van der Waals surface area contributed by atoms with Gasteiger partial charge in [0, 0.05) is 36.1 Å². The van der Waals surface area contributed by atoms with Crippen LogP contribution < -0.4 is 20.7 Å². The summed E-state index contributed by atoms with van der Waals surface area (Å²) in [6, 6.07) is 16.9. The molecule has 3 heterocycles. The lowest BCUT2D eigenvalue weighted by Gasteiger charge is -2.12. The maximum Gasteiger partial charge on any atom is 0.319 e. The van der Waals surface area contributed by atoms with Crippen LogP contribution in [0.2, 0.25) is 0 Å². The number of aromatic nitrogens is 4. The van der Waals surface area contributed by atoms with E-state index in [4.69, 9.17) is 11.2 Å². The maximum atomic E-state index is 12.5. The van der Waals surface area contributed by atoms with Gasteiger partial charge in [-0.1, -0.05) is 24.1 Å². The highest BCUT2D eigenvalue weighted by Crippen LogP contribution is 2.33. The van der Waals surface area contributed by atoms with Crippen LogP contribution in [-0.4, -0.2) is 32.2 Å². The number of hydrogen-bond acceptors (Lipinski definition) is 5. The molecule has 5 aromatic rings. The van der Waals surface area contributed by atoms with E-state index < -0.39 is 0 Å². The van der Waals surface area contributed by atoms with Crippen molar-refractivity contribution in [2.24, 2.45) is 0 Å². The van der Waals surface area contributed by atoms with Crippen molar-refractivity contribution in [2.45, 2.75) is 13.3 Å². The SMILES string of the molecule is C#Cc1cnn2cc(NC(=O)NCCc3cnc[nH]3)c(C)c2c1Nc1ccc(Oc2ccccc2)cc1. The third-order valence-corrected chi connectivity index (χ3v) is 5.80. The number of H-pyrrole nitrogens is 1. The average molecular weight is 492 g/mol. The summed E-state index contributed by atoms with van der Waals surface area (Å²) < 4.78 is 7.58. The van der Waals surface area contributed by atoms with Crippen LogP contribution in [0.4, 0.5) is 21.9 Å². The monoisotopic (exact) mass is 491 g/mol. The van der Waals surface area contributed by atoms with E-state index in [1.165, 1.54) is 0 Å². The standard InChI is InChI=1S/C28H25N7O2/c1-3-20-15-32-35-17-25(34-28(36)30-14-13-22-16-29-18-31-22)19(2)27(35)26(20)33-21-9-11-24(12-10-21)37-23-7-5-4-6-8-23/h1,4-12,15-18,33H,13-14H2,2H3,(H,29,31)(H2,30,34,36). The number of amides is 2. The van der Waals surface area contributed by atoms with E-state index in [1.54, 1.807) is 29.4 Å². The number of aromatic amines is 1. The summed E-state index contributed by atoms with van der Waals surface area (Å²) in [4.78, 5) is 19.5. The number of carbonyl (C=O) groups is 1. The number of imidazole rings is 1. The number of urea groups is 1. The molecule has 0 fully saturated rings. The van der Waals surface area contributed by atoms with Crippen LogP contribution >= 0.6 is 0 Å². The first-order valence-electron chi connectivity index (χ1n) is 11.7. The zero-order chi connectivity index (χ0) is 25.6. The molecule has 9 nitrogen and oxygen atoms in total. The van der Waals surface area contributed by atoms with E-state index >= 15 is 0 Å². The van der Waals surface area contributed by atoms with Crippen LogP contribution in [0, 0.1) is 19.3 Å². The number of nitrogens with one attached hydrogen (secondary N) is 4. The summed E-state index contributed by atoms with van der Waals surface area (Å²) in [5.41, 5.74) is 5.35. The molecule has 3 aromatic heterocycles. The molecule has 0 saturated carbocycles. The molecule has 0 aliphatic heterocycles. The number of carbonyl (C=O) groups excluding carboxylic acids is 1. The Morgan fingerprint density at radius 1 is 1.11 bits per heavy atom. The summed E-state index contributed by atoms with van der Waals surface area (Å²) in [7, 11) is 0. The van der Waals surface area contributed by atoms with Crippen molar-refractivity contribution in [3.63, 3.8) is 0 Å². The Labute approximate surface area is 213 Å². The van der Waals surface area contributed by atoms with Crippen molar-refractivity contribution in [2.75, 3.05) is 17.2 Å². The molecular formula is C28H25N7O2. The van der Waals surface area contributed by atoms with Gasteiger partial charge in [0.05, 0.1) is 41.2 Å². The van der Waals surface area contributed by atoms with Gasteiger partial charge in [0.25, 0.3) is 0 Å². The van der Waals surface area contributed by atoms with Gasteiger partial charge in [-0.05, 0) is 43.3 Å². The van der Waals surface area contributed by atoms with Crippen LogP contribution in [0.15, 0.2) is 79.5 Å². The topological polar surface area (TPSA) is 108 Å². The summed E-state index contributed by atoms with van der Waals surface area (Å²) in [5, 5.41) is 13.6. The number of ether oxygens (including phenoxy) is 1. The largest absolute Gasteiger partial charge is 0.457 e. The highest BCUT2D eigenvalue weighted by atomic mass is 16.5. The number of fused-ring (bicyclic) bond motifs is 1. The second-order valence-corrected chi connectivity index (χ2v) is 8.31. The molecule has 0 aliphatic carbocycles. The van der Waals surface area contributed by atoms with E-state index in [9.17, 15) is 4.79 Å². The molecule has 5 rings (SSSR count). The fraction of sp³-hybridized carbons (Fsp3) is 0.107. The molecule has 2 aromatic carbocycles. The lowest BCUT2D eigenvalue weighted by atomic mass is 10.1. The van der Waals surface area contributed by atoms with Crippen LogP contribution in [0.3, 0.4) is 0 Å². The molecule has 0 bridgehead atoms. The van der Waals surface area contributed by atoms with Gasteiger partial charge < -0.3 is 25.7 Å². The molecule has 184 valence electrons. The molecule has 0 radical (unpaired) electrons. The molecule has 9 heteroatoms. The number of rotatable bonds is 8. The third-order valence-electron chi connectivity index (χ3n) is 5.80. The van der Waals surface area contributed by atoms with Crippen LogP contribution in [0.5, 0.6) is 11.5 Å². The van der Waals surface area contributed by atoms with Crippen molar-refractivity contribution in [3.8, 4) is 23.8 Å². The Kier molecular flexibility index (Phi) is 6.72. The second-order valence-electron chi connectivity index (χ2n) is 8.31. The number of anilines is 3. The highest BCUT2D eigenvalue weighted by molar-refractivity contribution is 5.95. The Hall–Kier alpha value is -5.23. The first kappa shape index (κ1) is 23.5. The van der Waals surface area contributed by atoms with Gasteiger partial charge in [-0.3, -0.25) is 0 Å². The van der Waals surface area contributed by atoms with Gasteiger partial charge in [0.1, 0.15) is 11.5 Å². The first-order valence-corrected chi connectivity index (χ1v) is 11.7. The smallest absolute Gasteiger partial charge is 0.319 e. The Bertz CT molecular complexity index is 1550. The van der Waals surface area contributed by atoms with E-state index in [1.807, 2.05) is 61.5 Å². The summed E-state index contributed by atoms with van der Waals surface area (Å²) in [6.45, 7) is 2.39. The molecule has 4 N–H and O–H groups in total. The van der Waals surface area contributed by atoms with Crippen molar-refractivity contribution in [3.05, 3.63) is 96.3 Å². The fourth-order valence-corrected chi connectivity index (χ4v) is 3.92. The molecule has 2 amide bonds. The summed E-state index contributed by atoms with van der Waals surface area (Å²) >= 11 is 0. The highest BCUT2D eigenvalue weighted by Gasteiger charge is 2.17. The number of benzene rings is 2. The number of nitrogens with zero attached hydrogens (tertiary/aromatic N) is 3. The van der Waals surface area contributed by atoms with Gasteiger partial charge in [0.15, 0.2) is 0 Å². The van der Waals surface area contributed by atoms with Crippen molar-refractivity contribution in [1.29, 1.82) is 0 Å². The number of hydrogen-bond donors (Lipinski definition) is 4. The van der Waals surface area contributed by atoms with Gasteiger partial charge in [-0.2, -0.15) is 5.10 Å². The average Bonchev–Trinajstić information content (AvgIpc) is 3.54. The normalized spacial score (nSPS) is 10.6. The number of terminal acetylenes is 1. The summed E-state index contributed by atoms with van der Waals surface area (Å²) in [5.74, 6) is 4.19. The quantitative estimate of drug-likeness (QED) is 0.222. The number of aryl methyl sites for hydroxylation is 1. The van der Waals surface area contributed by atoms with Crippen LogP contribution in [0.25, 0.3) is 5.52 Å². The Balaban J connectivity index is 1.33. The van der Waals surface area contributed by atoms with Crippen LogP contribution in [0.1, 0.15) is 16.8 Å². The molecule has 0 atom stereocenters. The molecular weight excluding hydrogens is 466 g/mol. The predicted octanol–water partition coefficient (Wildman–Crippen LogP) is 5.25. The van der Waals surface area contributed by atoms with Gasteiger partial charge in [0.2, 0.25) is 0 Å². The Morgan fingerprint density at radius 3 is 2.62 bits per heavy atom. The first-order chi connectivity index (χ1) is 18.1. The molecule has 37 heavy (non-hydrogen) atoms. The minimum Gasteiger partial charge on any atom is -0.457 e. The van der Waals surface area contributed by atoms with Crippen molar-refractivity contribution >= 4 is 28.6 Å². The van der Waals surface area contributed by atoms with E-state index in [0.29, 0.717) is 24.2 Å². The molecule has 0 spiro atoms. The van der Waals surface area contributed by atoms with E-state index in [2.05, 4.69) is 36.9 Å². The Morgan fingerprint density at radius 2 is 1.89 bits per heavy atom. The number of para-hydroxylation sites is 1. The summed E-state index contributed by atoms with van der Waals surface area (Å²) in [6.07, 6.45) is 13.2. The van der Waals surface area contributed by atoms with E-state index in [-0.39, 0.29) is 6.03 Å². The predicted molar refractivity (Wildman–Crippen MR) is 143 cm³/mol. The maximum absolute atomic E-state index is 12.5. The fourth-order valence-electron chi connectivity index (χ4n) is 3.92. The molecule has 0 saturated heterocycles. The lowest BCUT2D eigenvalue weighted by Crippen LogP contribution is -2.30. The van der Waals surface area contributed by atoms with Crippen LogP contribution in [-0.2, 0) is 6.42 Å². The van der Waals surface area contributed by atoms with Gasteiger partial charge >= 0.3 is 6.03 Å².